The molecule has 0 saturated heterocycles. The summed E-state index contributed by atoms with van der Waals surface area (Å²) in [5, 5.41) is 3.76. The van der Waals surface area contributed by atoms with E-state index in [0.29, 0.717) is 18.2 Å². The number of aryl methyl sites for hydroxylation is 1. The van der Waals surface area contributed by atoms with Gasteiger partial charge >= 0.3 is 0 Å². The molecule has 34 heavy (non-hydrogen) atoms. The summed E-state index contributed by atoms with van der Waals surface area (Å²) in [6.45, 7) is 2.60. The number of hydrogen-bond donors (Lipinski definition) is 1. The third-order valence-electron chi connectivity index (χ3n) is 6.35. The van der Waals surface area contributed by atoms with Crippen LogP contribution in [0.1, 0.15) is 66.2 Å². The summed E-state index contributed by atoms with van der Waals surface area (Å²) in [4.78, 5) is 28.5. The Morgan fingerprint density at radius 2 is 1.88 bits per heavy atom. The normalized spacial score (nSPS) is 14.1. The Hall–Kier alpha value is -2.93. The summed E-state index contributed by atoms with van der Waals surface area (Å²) in [6.07, 6.45) is 10.8. The SMILES string of the molecule is CCc1cc(N(C)C2CCCCC2)nc(SCc2ccc(C(=O)NCc3cccnc3)cc2)n1. The van der Waals surface area contributed by atoms with Crippen molar-refractivity contribution < 1.29 is 4.79 Å². The zero-order valence-electron chi connectivity index (χ0n) is 20.0. The molecule has 6 nitrogen and oxygen atoms in total. The molecule has 1 saturated carbocycles. The van der Waals surface area contributed by atoms with Crippen LogP contribution < -0.4 is 10.2 Å². The van der Waals surface area contributed by atoms with Gasteiger partial charge in [0, 0.05) is 55.1 Å². The van der Waals surface area contributed by atoms with Crippen LogP contribution in [0.25, 0.3) is 0 Å². The molecule has 0 bridgehead atoms. The summed E-state index contributed by atoms with van der Waals surface area (Å²) in [6, 6.07) is 14.3. The number of carbonyl (C=O) groups is 1. The van der Waals surface area contributed by atoms with Crippen molar-refractivity contribution in [3.8, 4) is 0 Å². The van der Waals surface area contributed by atoms with Gasteiger partial charge in [-0.3, -0.25) is 9.78 Å². The summed E-state index contributed by atoms with van der Waals surface area (Å²) in [7, 11) is 2.17. The number of pyridine rings is 1. The lowest BCUT2D eigenvalue weighted by molar-refractivity contribution is 0.0951. The van der Waals surface area contributed by atoms with E-state index in [2.05, 4.69) is 35.2 Å². The molecule has 2 heterocycles. The van der Waals surface area contributed by atoms with Crippen LogP contribution in [0.5, 0.6) is 0 Å². The number of hydrogen-bond acceptors (Lipinski definition) is 6. The molecule has 1 amide bonds. The molecular weight excluding hydrogens is 442 g/mol. The molecular formula is C27H33N5OS. The van der Waals surface area contributed by atoms with E-state index in [9.17, 15) is 4.79 Å². The van der Waals surface area contributed by atoms with Gasteiger partial charge in [-0.25, -0.2) is 9.97 Å². The van der Waals surface area contributed by atoms with Gasteiger partial charge < -0.3 is 10.2 Å². The first kappa shape index (κ1) is 24.2. The van der Waals surface area contributed by atoms with Crippen LogP contribution >= 0.6 is 11.8 Å². The molecule has 1 N–H and O–H groups in total. The van der Waals surface area contributed by atoms with Crippen LogP contribution in [0.4, 0.5) is 5.82 Å². The van der Waals surface area contributed by atoms with Crippen molar-refractivity contribution in [2.24, 2.45) is 0 Å². The van der Waals surface area contributed by atoms with E-state index in [0.717, 1.165) is 40.0 Å². The highest BCUT2D eigenvalue weighted by Crippen LogP contribution is 2.28. The average Bonchev–Trinajstić information content (AvgIpc) is 2.91. The maximum atomic E-state index is 12.4. The Bertz CT molecular complexity index is 1070. The van der Waals surface area contributed by atoms with Crippen LogP contribution in [-0.4, -0.2) is 33.9 Å². The molecule has 0 aliphatic heterocycles. The first-order valence-corrected chi connectivity index (χ1v) is 13.1. The summed E-state index contributed by atoms with van der Waals surface area (Å²) in [5.74, 6) is 1.71. The molecule has 1 fully saturated rings. The third kappa shape index (κ3) is 6.56. The van der Waals surface area contributed by atoms with Crippen molar-refractivity contribution in [3.63, 3.8) is 0 Å². The standard InChI is InChI=1S/C27H33N5OS/c1-3-23-16-25(32(2)24-9-5-4-6-10-24)31-27(30-23)34-19-20-11-13-22(14-12-20)26(33)29-18-21-8-7-15-28-17-21/h7-8,11-17,24H,3-6,9-10,18-19H2,1-2H3,(H,29,33). The summed E-state index contributed by atoms with van der Waals surface area (Å²) in [5.41, 5.74) is 3.85. The number of rotatable bonds is 9. The third-order valence-corrected chi connectivity index (χ3v) is 7.27. The lowest BCUT2D eigenvalue weighted by Gasteiger charge is -2.32. The zero-order valence-corrected chi connectivity index (χ0v) is 20.9. The van der Waals surface area contributed by atoms with E-state index in [-0.39, 0.29) is 5.91 Å². The number of amides is 1. The smallest absolute Gasteiger partial charge is 0.251 e. The lowest BCUT2D eigenvalue weighted by atomic mass is 9.94. The van der Waals surface area contributed by atoms with E-state index < -0.39 is 0 Å². The molecule has 178 valence electrons. The van der Waals surface area contributed by atoms with Crippen molar-refractivity contribution >= 4 is 23.5 Å². The molecule has 3 aromatic rings. The van der Waals surface area contributed by atoms with Crippen molar-refractivity contribution in [2.75, 3.05) is 11.9 Å². The fourth-order valence-electron chi connectivity index (χ4n) is 4.23. The molecule has 1 aromatic carbocycles. The van der Waals surface area contributed by atoms with Gasteiger partial charge in [0.15, 0.2) is 5.16 Å². The molecule has 0 spiro atoms. The Morgan fingerprint density at radius 3 is 2.59 bits per heavy atom. The predicted octanol–water partition coefficient (Wildman–Crippen LogP) is 5.43. The highest BCUT2D eigenvalue weighted by atomic mass is 32.2. The van der Waals surface area contributed by atoms with Crippen LogP contribution in [0.15, 0.2) is 60.0 Å². The van der Waals surface area contributed by atoms with E-state index >= 15 is 0 Å². The van der Waals surface area contributed by atoms with Gasteiger partial charge in [-0.15, -0.1) is 0 Å². The highest BCUT2D eigenvalue weighted by Gasteiger charge is 2.20. The summed E-state index contributed by atoms with van der Waals surface area (Å²) >= 11 is 1.65. The minimum absolute atomic E-state index is 0.0857. The van der Waals surface area contributed by atoms with Crippen LogP contribution in [0.2, 0.25) is 0 Å². The quantitative estimate of drug-likeness (QED) is 0.329. The van der Waals surface area contributed by atoms with Crippen molar-refractivity contribution in [2.45, 2.75) is 68.9 Å². The molecule has 2 aromatic heterocycles. The van der Waals surface area contributed by atoms with Gasteiger partial charge in [0.1, 0.15) is 5.82 Å². The topological polar surface area (TPSA) is 71.0 Å². The maximum absolute atomic E-state index is 12.4. The second-order valence-electron chi connectivity index (χ2n) is 8.79. The van der Waals surface area contributed by atoms with Gasteiger partial charge in [0.25, 0.3) is 5.91 Å². The van der Waals surface area contributed by atoms with Gasteiger partial charge in [-0.2, -0.15) is 0 Å². The number of thioether (sulfide) groups is 1. The minimum atomic E-state index is -0.0857. The van der Waals surface area contributed by atoms with Gasteiger partial charge in [0.05, 0.1) is 0 Å². The number of nitrogens with zero attached hydrogens (tertiary/aromatic N) is 4. The second kappa shape index (κ2) is 12.0. The van der Waals surface area contributed by atoms with Gasteiger partial charge in [-0.1, -0.05) is 56.1 Å². The van der Waals surface area contributed by atoms with Gasteiger partial charge in [-0.05, 0) is 48.6 Å². The first-order valence-electron chi connectivity index (χ1n) is 12.1. The average molecular weight is 476 g/mol. The van der Waals surface area contributed by atoms with Crippen LogP contribution in [0.3, 0.4) is 0 Å². The van der Waals surface area contributed by atoms with E-state index in [1.165, 1.54) is 32.1 Å². The van der Waals surface area contributed by atoms with E-state index in [1.807, 2.05) is 36.4 Å². The molecule has 0 radical (unpaired) electrons. The number of carbonyl (C=O) groups excluding carboxylic acids is 1. The molecule has 4 rings (SSSR count). The van der Waals surface area contributed by atoms with E-state index in [1.54, 1.807) is 24.2 Å². The molecule has 0 atom stereocenters. The first-order chi connectivity index (χ1) is 16.6. The van der Waals surface area contributed by atoms with Crippen LogP contribution in [-0.2, 0) is 18.7 Å². The van der Waals surface area contributed by atoms with Crippen molar-refractivity contribution in [3.05, 3.63) is 77.2 Å². The molecule has 1 aliphatic rings. The second-order valence-corrected chi connectivity index (χ2v) is 9.73. The minimum Gasteiger partial charge on any atom is -0.357 e. The Balaban J connectivity index is 1.35. The number of aromatic nitrogens is 3. The Kier molecular flexibility index (Phi) is 8.52. The molecule has 0 unspecified atom stereocenters. The molecule has 7 heteroatoms. The predicted molar refractivity (Wildman–Crippen MR) is 138 cm³/mol. The van der Waals surface area contributed by atoms with Crippen molar-refractivity contribution in [1.82, 2.24) is 20.3 Å². The Morgan fingerprint density at radius 1 is 1.09 bits per heavy atom. The Labute approximate surface area is 206 Å². The van der Waals surface area contributed by atoms with Crippen LogP contribution in [0, 0.1) is 0 Å². The molecule has 1 aliphatic carbocycles. The van der Waals surface area contributed by atoms with Crippen molar-refractivity contribution in [1.29, 1.82) is 0 Å². The summed E-state index contributed by atoms with van der Waals surface area (Å²) < 4.78 is 0. The fraction of sp³-hybridized carbons (Fsp3) is 0.407. The van der Waals surface area contributed by atoms with Gasteiger partial charge in [0.2, 0.25) is 0 Å². The monoisotopic (exact) mass is 475 g/mol. The maximum Gasteiger partial charge on any atom is 0.251 e. The lowest BCUT2D eigenvalue weighted by Crippen LogP contribution is -2.34. The zero-order chi connectivity index (χ0) is 23.8. The van der Waals surface area contributed by atoms with E-state index in [4.69, 9.17) is 9.97 Å². The highest BCUT2D eigenvalue weighted by molar-refractivity contribution is 7.98. The fourth-order valence-corrected chi connectivity index (χ4v) is 5.06. The number of benzene rings is 1. The number of anilines is 1. The largest absolute Gasteiger partial charge is 0.357 e. The number of nitrogens with one attached hydrogen (secondary N) is 1.